The molecule has 0 amide bonds. The predicted octanol–water partition coefficient (Wildman–Crippen LogP) is 4.21. The van der Waals surface area contributed by atoms with Crippen LogP contribution in [0.15, 0.2) is 24.3 Å². The second-order valence-corrected chi connectivity index (χ2v) is 5.89. The smallest absolute Gasteiger partial charge is 0.142 e. The van der Waals surface area contributed by atoms with Gasteiger partial charge in [0.05, 0.1) is 11.1 Å². The van der Waals surface area contributed by atoms with Crippen molar-refractivity contribution in [2.45, 2.75) is 19.9 Å². The molecular formula is C13H13ClFNS. The molecule has 0 aliphatic rings. The van der Waals surface area contributed by atoms with Crippen LogP contribution in [0.2, 0.25) is 5.02 Å². The summed E-state index contributed by atoms with van der Waals surface area (Å²) in [5.41, 5.74) is 7.94. The van der Waals surface area contributed by atoms with Gasteiger partial charge in [0.25, 0.3) is 0 Å². The molecule has 1 nitrogen and oxygen atoms in total. The van der Waals surface area contributed by atoms with E-state index >= 15 is 0 Å². The van der Waals surface area contributed by atoms with Crippen LogP contribution >= 0.6 is 22.9 Å². The molecule has 1 heterocycles. The number of hydrogen-bond acceptors (Lipinski definition) is 2. The van der Waals surface area contributed by atoms with Gasteiger partial charge in [0.1, 0.15) is 5.82 Å². The zero-order chi connectivity index (χ0) is 12.6. The first-order valence-electron chi connectivity index (χ1n) is 5.26. The maximum Gasteiger partial charge on any atom is 0.142 e. The van der Waals surface area contributed by atoms with Crippen molar-refractivity contribution in [3.8, 4) is 0 Å². The third-order valence-corrected chi connectivity index (χ3v) is 4.01. The number of nitrogens with two attached hydrogens (primary N) is 1. The zero-order valence-corrected chi connectivity index (χ0v) is 11.2. The molecular weight excluding hydrogens is 257 g/mol. The Morgan fingerprint density at radius 3 is 2.53 bits per heavy atom. The molecule has 0 aliphatic carbocycles. The summed E-state index contributed by atoms with van der Waals surface area (Å²) in [5.74, 6) is -0.427. The number of hydrogen-bond donors (Lipinski definition) is 1. The van der Waals surface area contributed by atoms with E-state index in [1.165, 1.54) is 15.8 Å². The van der Waals surface area contributed by atoms with Crippen molar-refractivity contribution in [2.75, 3.05) is 0 Å². The van der Waals surface area contributed by atoms with E-state index in [2.05, 4.69) is 6.07 Å². The maximum atomic E-state index is 13.4. The summed E-state index contributed by atoms with van der Waals surface area (Å²) in [7, 11) is 0. The number of halogens is 2. The number of thiophene rings is 1. The van der Waals surface area contributed by atoms with E-state index in [0.29, 0.717) is 0 Å². The molecule has 0 saturated heterocycles. The molecule has 0 radical (unpaired) electrons. The first-order chi connectivity index (χ1) is 7.99. The molecule has 2 N–H and O–H groups in total. The van der Waals surface area contributed by atoms with Gasteiger partial charge in [-0.25, -0.2) is 4.39 Å². The quantitative estimate of drug-likeness (QED) is 0.869. The van der Waals surface area contributed by atoms with Crippen LogP contribution in [0.25, 0.3) is 0 Å². The van der Waals surface area contributed by atoms with Gasteiger partial charge in [-0.1, -0.05) is 17.7 Å². The summed E-state index contributed by atoms with van der Waals surface area (Å²) >= 11 is 7.35. The van der Waals surface area contributed by atoms with E-state index in [1.807, 2.05) is 13.8 Å². The Labute approximate surface area is 109 Å². The van der Waals surface area contributed by atoms with Crippen LogP contribution in [0.1, 0.15) is 26.9 Å². The molecule has 0 fully saturated rings. The van der Waals surface area contributed by atoms with E-state index in [-0.39, 0.29) is 11.1 Å². The topological polar surface area (TPSA) is 26.0 Å². The summed E-state index contributed by atoms with van der Waals surface area (Å²) in [6.45, 7) is 4.06. The Morgan fingerprint density at radius 2 is 2.00 bits per heavy atom. The average molecular weight is 270 g/mol. The normalized spacial score (nSPS) is 12.8. The van der Waals surface area contributed by atoms with E-state index in [4.69, 9.17) is 17.3 Å². The largest absolute Gasteiger partial charge is 0.320 e. The first-order valence-corrected chi connectivity index (χ1v) is 6.46. The SMILES string of the molecule is Cc1cc(C(N)c2ccc(Cl)c(F)c2)c(C)s1. The van der Waals surface area contributed by atoms with Crippen molar-refractivity contribution in [3.63, 3.8) is 0 Å². The molecule has 1 aromatic heterocycles. The summed E-state index contributed by atoms with van der Waals surface area (Å²) in [6.07, 6.45) is 0. The lowest BCUT2D eigenvalue weighted by Gasteiger charge is -2.12. The lowest BCUT2D eigenvalue weighted by Crippen LogP contribution is -2.12. The zero-order valence-electron chi connectivity index (χ0n) is 9.63. The molecule has 1 aromatic carbocycles. The molecule has 1 unspecified atom stereocenters. The monoisotopic (exact) mass is 269 g/mol. The third kappa shape index (κ3) is 2.51. The van der Waals surface area contributed by atoms with Gasteiger partial charge in [-0.2, -0.15) is 0 Å². The van der Waals surface area contributed by atoms with Crippen molar-refractivity contribution < 1.29 is 4.39 Å². The molecule has 2 aromatic rings. The molecule has 0 bridgehead atoms. The second-order valence-electron chi connectivity index (χ2n) is 4.02. The molecule has 90 valence electrons. The summed E-state index contributed by atoms with van der Waals surface area (Å²) in [4.78, 5) is 2.38. The van der Waals surface area contributed by atoms with Gasteiger partial charge >= 0.3 is 0 Å². The standard InChI is InChI=1S/C13H13ClFNS/c1-7-5-10(8(2)17-7)13(16)9-3-4-11(14)12(15)6-9/h3-6,13H,16H2,1-2H3. The Hall–Kier alpha value is -0.900. The van der Waals surface area contributed by atoms with Crippen molar-refractivity contribution in [3.05, 3.63) is 56.0 Å². The number of aryl methyl sites for hydroxylation is 2. The number of rotatable bonds is 2. The van der Waals surface area contributed by atoms with Crippen molar-refractivity contribution in [1.82, 2.24) is 0 Å². The van der Waals surface area contributed by atoms with Gasteiger partial charge in [-0.05, 0) is 43.2 Å². The van der Waals surface area contributed by atoms with Crippen LogP contribution in [0.4, 0.5) is 4.39 Å². The molecule has 17 heavy (non-hydrogen) atoms. The van der Waals surface area contributed by atoms with Crippen LogP contribution in [-0.2, 0) is 0 Å². The Bertz CT molecular complexity index is 550. The fourth-order valence-electron chi connectivity index (χ4n) is 1.84. The van der Waals surface area contributed by atoms with E-state index in [1.54, 1.807) is 23.5 Å². The lowest BCUT2D eigenvalue weighted by molar-refractivity contribution is 0.624. The molecule has 0 spiro atoms. The van der Waals surface area contributed by atoms with Crippen LogP contribution in [0.5, 0.6) is 0 Å². The van der Waals surface area contributed by atoms with Gasteiger partial charge in [0.2, 0.25) is 0 Å². The summed E-state index contributed by atoms with van der Waals surface area (Å²) < 4.78 is 13.4. The maximum absolute atomic E-state index is 13.4. The minimum Gasteiger partial charge on any atom is -0.320 e. The summed E-state index contributed by atoms with van der Waals surface area (Å²) in [5, 5.41) is 0.124. The van der Waals surface area contributed by atoms with Crippen LogP contribution in [0, 0.1) is 19.7 Å². The molecule has 0 saturated carbocycles. The predicted molar refractivity (Wildman–Crippen MR) is 71.2 cm³/mol. The highest BCUT2D eigenvalue weighted by Gasteiger charge is 2.15. The van der Waals surface area contributed by atoms with Crippen LogP contribution < -0.4 is 5.73 Å². The fourth-order valence-corrected chi connectivity index (χ4v) is 2.93. The van der Waals surface area contributed by atoms with Gasteiger partial charge in [0.15, 0.2) is 0 Å². The Kier molecular flexibility index (Phi) is 3.52. The highest BCUT2D eigenvalue weighted by molar-refractivity contribution is 7.12. The Balaban J connectivity index is 2.40. The lowest BCUT2D eigenvalue weighted by atomic mass is 10.00. The van der Waals surface area contributed by atoms with Crippen molar-refractivity contribution in [1.29, 1.82) is 0 Å². The average Bonchev–Trinajstić information content (AvgIpc) is 2.61. The van der Waals surface area contributed by atoms with E-state index in [0.717, 1.165) is 11.1 Å². The molecule has 1 atom stereocenters. The molecule has 2 rings (SSSR count). The summed E-state index contributed by atoms with van der Waals surface area (Å²) in [6, 6.07) is 6.46. The number of benzene rings is 1. The molecule has 4 heteroatoms. The highest BCUT2D eigenvalue weighted by atomic mass is 35.5. The highest BCUT2D eigenvalue weighted by Crippen LogP contribution is 2.30. The van der Waals surface area contributed by atoms with Gasteiger partial charge < -0.3 is 5.73 Å². The van der Waals surface area contributed by atoms with Crippen molar-refractivity contribution >= 4 is 22.9 Å². The molecule has 0 aliphatic heterocycles. The van der Waals surface area contributed by atoms with Gasteiger partial charge in [-0.3, -0.25) is 0 Å². The van der Waals surface area contributed by atoms with E-state index in [9.17, 15) is 4.39 Å². The van der Waals surface area contributed by atoms with Crippen molar-refractivity contribution in [2.24, 2.45) is 5.73 Å². The second kappa shape index (κ2) is 4.77. The van der Waals surface area contributed by atoms with Gasteiger partial charge in [0, 0.05) is 9.75 Å². The Morgan fingerprint density at radius 1 is 1.29 bits per heavy atom. The minimum absolute atomic E-state index is 0.124. The first kappa shape index (κ1) is 12.6. The van der Waals surface area contributed by atoms with E-state index < -0.39 is 5.82 Å². The van der Waals surface area contributed by atoms with Gasteiger partial charge in [-0.15, -0.1) is 11.3 Å². The minimum atomic E-state index is -0.427. The fraction of sp³-hybridized carbons (Fsp3) is 0.231. The van der Waals surface area contributed by atoms with Crippen LogP contribution in [-0.4, -0.2) is 0 Å². The van der Waals surface area contributed by atoms with Crippen LogP contribution in [0.3, 0.4) is 0 Å². The third-order valence-electron chi connectivity index (χ3n) is 2.72.